The molecule has 2 N–H and O–H groups in total. The molecule has 0 aliphatic carbocycles. The molecule has 0 unspecified atom stereocenters. The van der Waals surface area contributed by atoms with Gasteiger partial charge in [0, 0.05) is 24.8 Å². The van der Waals surface area contributed by atoms with Crippen LogP contribution in [-0.2, 0) is 13.0 Å². The van der Waals surface area contributed by atoms with Gasteiger partial charge in [-0.25, -0.2) is 13.2 Å². The number of pyridine rings is 1. The maximum Gasteiger partial charge on any atom is 0.279 e. The number of nitrogens with one attached hydrogen (secondary N) is 1. The molecule has 2 aliphatic rings. The van der Waals surface area contributed by atoms with Crippen molar-refractivity contribution in [1.82, 2.24) is 9.88 Å². The van der Waals surface area contributed by atoms with Gasteiger partial charge in [-0.05, 0) is 37.0 Å². The first-order chi connectivity index (χ1) is 17.2. The average molecular weight is 518 g/mol. The summed E-state index contributed by atoms with van der Waals surface area (Å²) < 4.78 is 43.7. The highest BCUT2D eigenvalue weighted by Crippen LogP contribution is 2.37. The number of aromatic nitrogens is 1. The lowest BCUT2D eigenvalue weighted by molar-refractivity contribution is 0.0926. The summed E-state index contributed by atoms with van der Waals surface area (Å²) in [5.74, 6) is -5.21. The topological polar surface area (TPSA) is 91.6 Å². The van der Waals surface area contributed by atoms with Crippen LogP contribution >= 0.6 is 11.6 Å². The SMILES string of the molecule is O=C(NCc1ccc(F)c(Cl)c1F)c1cn2c(c(O)c1=O)C(=O)N1C[C@@H]2CCCc2cccc(F)c21. The minimum absolute atomic E-state index is 0.0857. The minimum atomic E-state index is -1.10. The maximum absolute atomic E-state index is 14.7. The lowest BCUT2D eigenvalue weighted by Crippen LogP contribution is -2.46. The van der Waals surface area contributed by atoms with Crippen molar-refractivity contribution in [3.8, 4) is 5.75 Å². The molecule has 2 aromatic carbocycles. The second-order valence-electron chi connectivity index (χ2n) is 8.70. The van der Waals surface area contributed by atoms with E-state index in [0.29, 0.717) is 24.8 Å². The van der Waals surface area contributed by atoms with Crippen molar-refractivity contribution >= 4 is 29.1 Å². The summed E-state index contributed by atoms with van der Waals surface area (Å²) >= 11 is 5.56. The van der Waals surface area contributed by atoms with E-state index in [-0.39, 0.29) is 23.5 Å². The van der Waals surface area contributed by atoms with Crippen LogP contribution in [0.2, 0.25) is 5.02 Å². The van der Waals surface area contributed by atoms with Crippen molar-refractivity contribution < 1.29 is 27.9 Å². The molecule has 3 aromatic rings. The van der Waals surface area contributed by atoms with Crippen molar-refractivity contribution in [3.63, 3.8) is 0 Å². The fourth-order valence-electron chi connectivity index (χ4n) is 4.78. The molecule has 0 fully saturated rings. The van der Waals surface area contributed by atoms with Crippen molar-refractivity contribution in [2.75, 3.05) is 11.4 Å². The molecule has 0 saturated carbocycles. The predicted molar refractivity (Wildman–Crippen MR) is 125 cm³/mol. The zero-order valence-corrected chi connectivity index (χ0v) is 19.4. The lowest BCUT2D eigenvalue weighted by atomic mass is 9.95. The molecule has 11 heteroatoms. The summed E-state index contributed by atoms with van der Waals surface area (Å²) in [6, 6.07) is 6.16. The van der Waals surface area contributed by atoms with E-state index < -0.39 is 63.6 Å². The highest BCUT2D eigenvalue weighted by molar-refractivity contribution is 6.31. The number of halogens is 4. The number of carbonyl (C=O) groups is 2. The highest BCUT2D eigenvalue weighted by atomic mass is 35.5. The largest absolute Gasteiger partial charge is 0.503 e. The number of para-hydroxylation sites is 1. The molecule has 1 atom stereocenters. The lowest BCUT2D eigenvalue weighted by Gasteiger charge is -2.39. The van der Waals surface area contributed by atoms with Crippen LogP contribution in [-0.4, -0.2) is 28.0 Å². The minimum Gasteiger partial charge on any atom is -0.503 e. The first kappa shape index (κ1) is 23.9. The Kier molecular flexibility index (Phi) is 5.99. The summed E-state index contributed by atoms with van der Waals surface area (Å²) in [6.07, 6.45) is 2.88. The van der Waals surface area contributed by atoms with Gasteiger partial charge in [-0.3, -0.25) is 14.4 Å². The molecule has 7 nitrogen and oxygen atoms in total. The number of amides is 2. The number of nitrogens with zero attached hydrogens (tertiary/aromatic N) is 2. The van der Waals surface area contributed by atoms with E-state index in [9.17, 15) is 32.7 Å². The molecule has 2 bridgehead atoms. The molecule has 1 aromatic heterocycles. The Labute approximate surface area is 207 Å². The van der Waals surface area contributed by atoms with Crippen LogP contribution in [0, 0.1) is 17.5 Å². The summed E-state index contributed by atoms with van der Waals surface area (Å²) in [4.78, 5) is 40.2. The van der Waals surface area contributed by atoms with Crippen LogP contribution in [0.4, 0.5) is 18.9 Å². The zero-order chi connectivity index (χ0) is 25.7. The van der Waals surface area contributed by atoms with Crippen molar-refractivity contribution in [2.24, 2.45) is 0 Å². The summed E-state index contributed by atoms with van der Waals surface area (Å²) in [5, 5.41) is 12.3. The molecular formula is C25H19ClF3N3O4. The molecule has 0 radical (unpaired) electrons. The number of hydrogen-bond donors (Lipinski definition) is 2. The third kappa shape index (κ3) is 3.81. The highest BCUT2D eigenvalue weighted by Gasteiger charge is 2.38. The number of aromatic hydroxyl groups is 1. The molecule has 3 heterocycles. The summed E-state index contributed by atoms with van der Waals surface area (Å²) in [7, 11) is 0. The molecule has 5 rings (SSSR count). The van der Waals surface area contributed by atoms with E-state index in [1.54, 1.807) is 12.1 Å². The predicted octanol–water partition coefficient (Wildman–Crippen LogP) is 4.09. The van der Waals surface area contributed by atoms with Crippen LogP contribution in [0.3, 0.4) is 0 Å². The normalized spacial score (nSPS) is 16.6. The molecule has 0 saturated heterocycles. The molecule has 2 aliphatic heterocycles. The van der Waals surface area contributed by atoms with Crippen molar-refractivity contribution in [1.29, 1.82) is 0 Å². The van der Waals surface area contributed by atoms with E-state index >= 15 is 0 Å². The van der Waals surface area contributed by atoms with E-state index in [2.05, 4.69) is 5.32 Å². The van der Waals surface area contributed by atoms with Crippen LogP contribution in [0.15, 0.2) is 41.3 Å². The van der Waals surface area contributed by atoms with Crippen LogP contribution in [0.1, 0.15) is 50.9 Å². The van der Waals surface area contributed by atoms with Crippen molar-refractivity contribution in [3.05, 3.63) is 91.6 Å². The smallest absolute Gasteiger partial charge is 0.279 e. The quantitative estimate of drug-likeness (QED) is 0.512. The second-order valence-corrected chi connectivity index (χ2v) is 9.08. The number of anilines is 1. The summed E-state index contributed by atoms with van der Waals surface area (Å²) in [6.45, 7) is -0.318. The second kappa shape index (κ2) is 9.02. The number of aryl methyl sites for hydroxylation is 1. The third-order valence-corrected chi connectivity index (χ3v) is 6.91. The number of rotatable bonds is 3. The van der Waals surface area contributed by atoms with Gasteiger partial charge in [-0.15, -0.1) is 0 Å². The van der Waals surface area contributed by atoms with Crippen LogP contribution < -0.4 is 15.6 Å². The van der Waals surface area contributed by atoms with Gasteiger partial charge in [0.05, 0.1) is 11.7 Å². The van der Waals surface area contributed by atoms with Gasteiger partial charge in [0.15, 0.2) is 11.4 Å². The van der Waals surface area contributed by atoms with Crippen LogP contribution in [0.25, 0.3) is 0 Å². The number of hydrogen-bond acceptors (Lipinski definition) is 4. The van der Waals surface area contributed by atoms with Gasteiger partial charge in [0.2, 0.25) is 5.43 Å². The fourth-order valence-corrected chi connectivity index (χ4v) is 4.96. The zero-order valence-electron chi connectivity index (χ0n) is 18.7. The molecule has 0 spiro atoms. The average Bonchev–Trinajstić information content (AvgIpc) is 2.84. The van der Waals surface area contributed by atoms with Crippen molar-refractivity contribution in [2.45, 2.75) is 31.8 Å². The van der Waals surface area contributed by atoms with Crippen LogP contribution in [0.5, 0.6) is 5.75 Å². The first-order valence-corrected chi connectivity index (χ1v) is 11.5. The number of carbonyl (C=O) groups excluding carboxylic acids is 2. The Balaban J connectivity index is 1.51. The third-order valence-electron chi connectivity index (χ3n) is 6.57. The Morgan fingerprint density at radius 3 is 2.69 bits per heavy atom. The molecule has 2 amide bonds. The maximum atomic E-state index is 14.7. The Morgan fingerprint density at radius 2 is 1.92 bits per heavy atom. The van der Waals surface area contributed by atoms with E-state index in [0.717, 1.165) is 12.1 Å². The van der Waals surface area contributed by atoms with E-state index in [4.69, 9.17) is 11.6 Å². The molecular weight excluding hydrogens is 499 g/mol. The Hall–Kier alpha value is -3.79. The van der Waals surface area contributed by atoms with Gasteiger partial charge < -0.3 is 19.9 Å². The van der Waals surface area contributed by atoms with E-state index in [1.807, 2.05) is 0 Å². The molecule has 186 valence electrons. The Bertz CT molecular complexity index is 1490. The van der Waals surface area contributed by atoms with Gasteiger partial charge in [-0.2, -0.15) is 0 Å². The number of benzene rings is 2. The van der Waals surface area contributed by atoms with Gasteiger partial charge in [0.25, 0.3) is 11.8 Å². The van der Waals surface area contributed by atoms with Gasteiger partial charge >= 0.3 is 0 Å². The first-order valence-electron chi connectivity index (χ1n) is 11.2. The Morgan fingerprint density at radius 1 is 1.14 bits per heavy atom. The molecule has 36 heavy (non-hydrogen) atoms. The standard InChI is InChI=1S/C25H19ClF3N3O4/c26-18-16(27)8-7-13(19(18)29)9-30-24(35)15-11-31-14-5-1-3-12-4-2-6-17(28)20(12)32(10-14)25(36)21(31)23(34)22(15)33/h2,4,6-8,11,14,34H,1,3,5,9-10H2,(H,30,35)/t14-/m0/s1. The monoisotopic (exact) mass is 517 g/mol. The van der Waals surface area contributed by atoms with Gasteiger partial charge in [0.1, 0.15) is 28.0 Å². The van der Waals surface area contributed by atoms with E-state index in [1.165, 1.54) is 21.7 Å². The van der Waals surface area contributed by atoms with Gasteiger partial charge in [-0.1, -0.05) is 29.8 Å². The fraction of sp³-hybridized carbons (Fsp3) is 0.240. The summed E-state index contributed by atoms with van der Waals surface area (Å²) in [5.41, 5.74) is -1.23. The number of fused-ring (bicyclic) bond motifs is 6.